The summed E-state index contributed by atoms with van der Waals surface area (Å²) in [5.41, 5.74) is 2.35. The average molecular weight is 391 g/mol. The number of hydrogen-bond acceptors (Lipinski definition) is 6. The minimum atomic E-state index is -0.117. The van der Waals surface area contributed by atoms with Gasteiger partial charge in [0.15, 0.2) is 0 Å². The Balaban J connectivity index is 1.62. The Bertz CT molecular complexity index is 929. The third-order valence-corrected chi connectivity index (χ3v) is 4.23. The summed E-state index contributed by atoms with van der Waals surface area (Å²) < 4.78 is 5.79. The second-order valence-corrected chi connectivity index (χ2v) is 6.92. The highest BCUT2D eigenvalue weighted by Gasteiger charge is 2.13. The number of para-hydroxylation sites is 2. The van der Waals surface area contributed by atoms with Crippen LogP contribution in [-0.4, -0.2) is 45.5 Å². The topological polar surface area (TPSA) is 80.2 Å². The number of anilines is 2. The predicted octanol–water partition coefficient (Wildman–Crippen LogP) is 3.72. The first-order chi connectivity index (χ1) is 14.0. The van der Waals surface area contributed by atoms with Gasteiger partial charge in [0.1, 0.15) is 5.75 Å². The molecule has 1 aromatic carbocycles. The van der Waals surface area contributed by atoms with E-state index in [9.17, 15) is 4.79 Å². The van der Waals surface area contributed by atoms with Gasteiger partial charge < -0.3 is 15.0 Å². The number of nitrogens with one attached hydrogen (secondary N) is 1. The number of likely N-dealkylation sites (N-methyl/N-ethyl adjacent to an activating group) is 1. The normalized spacial score (nSPS) is 10.6. The molecule has 0 saturated heterocycles. The van der Waals surface area contributed by atoms with Crippen molar-refractivity contribution in [2.45, 2.75) is 26.4 Å². The lowest BCUT2D eigenvalue weighted by Gasteiger charge is -2.17. The average Bonchev–Trinajstić information content (AvgIpc) is 2.74. The smallest absolute Gasteiger partial charge is 0.256 e. The van der Waals surface area contributed by atoms with E-state index in [1.165, 1.54) is 12.4 Å². The van der Waals surface area contributed by atoms with E-state index in [0.717, 1.165) is 23.4 Å². The summed E-state index contributed by atoms with van der Waals surface area (Å²) in [7, 11) is 1.77. The molecule has 1 amide bonds. The largest absolute Gasteiger partial charge is 0.489 e. The number of benzene rings is 1. The van der Waals surface area contributed by atoms with Crippen LogP contribution in [-0.2, 0) is 6.42 Å². The monoisotopic (exact) mass is 391 g/mol. The molecule has 0 bridgehead atoms. The molecule has 1 N–H and O–H groups in total. The summed E-state index contributed by atoms with van der Waals surface area (Å²) in [5, 5.41) is 3.14. The first kappa shape index (κ1) is 20.3. The third kappa shape index (κ3) is 5.75. The van der Waals surface area contributed by atoms with Gasteiger partial charge in [0.05, 0.1) is 17.4 Å². The number of aromatic nitrogens is 3. The lowest BCUT2D eigenvalue weighted by Crippen LogP contribution is -2.29. The first-order valence-corrected chi connectivity index (χ1v) is 9.52. The molecule has 0 aliphatic rings. The molecular formula is C22H25N5O2. The zero-order chi connectivity index (χ0) is 20.6. The third-order valence-electron chi connectivity index (χ3n) is 4.23. The standard InChI is InChI=1S/C22H25N5O2/c1-16(2)29-20-7-5-4-6-19(20)26-22-24-14-18(15-25-22)21(28)27(3)13-10-17-8-11-23-12-9-17/h4-9,11-12,14-16H,10,13H2,1-3H3,(H,24,25,26). The first-order valence-electron chi connectivity index (χ1n) is 9.52. The lowest BCUT2D eigenvalue weighted by molar-refractivity contribution is 0.0796. The summed E-state index contributed by atoms with van der Waals surface area (Å²) in [6.07, 6.45) is 7.39. The Hall–Kier alpha value is -3.48. The van der Waals surface area contributed by atoms with Gasteiger partial charge in [-0.15, -0.1) is 0 Å². The lowest BCUT2D eigenvalue weighted by atomic mass is 10.2. The fraction of sp³-hybridized carbons (Fsp3) is 0.273. The summed E-state index contributed by atoms with van der Waals surface area (Å²) in [6, 6.07) is 11.5. The van der Waals surface area contributed by atoms with E-state index in [4.69, 9.17) is 4.74 Å². The number of nitrogens with zero attached hydrogens (tertiary/aromatic N) is 4. The Labute approximate surface area is 170 Å². The quantitative estimate of drug-likeness (QED) is 0.630. The highest BCUT2D eigenvalue weighted by atomic mass is 16.5. The zero-order valence-electron chi connectivity index (χ0n) is 16.9. The molecule has 150 valence electrons. The van der Waals surface area contributed by atoms with E-state index in [0.29, 0.717) is 18.1 Å². The Morgan fingerprint density at radius 3 is 2.48 bits per heavy atom. The van der Waals surface area contributed by atoms with Gasteiger partial charge in [-0.05, 0) is 50.1 Å². The summed E-state index contributed by atoms with van der Waals surface area (Å²) in [5.74, 6) is 1.01. The van der Waals surface area contributed by atoms with Gasteiger partial charge in [-0.25, -0.2) is 9.97 Å². The Kier molecular flexibility index (Phi) is 6.73. The molecule has 2 aromatic heterocycles. The van der Waals surface area contributed by atoms with Crippen LogP contribution in [0.4, 0.5) is 11.6 Å². The van der Waals surface area contributed by atoms with Crippen LogP contribution in [0.2, 0.25) is 0 Å². The summed E-state index contributed by atoms with van der Waals surface area (Å²) in [4.78, 5) is 26.8. The minimum absolute atomic E-state index is 0.0570. The predicted molar refractivity (Wildman–Crippen MR) is 112 cm³/mol. The molecule has 29 heavy (non-hydrogen) atoms. The number of pyridine rings is 1. The van der Waals surface area contributed by atoms with E-state index >= 15 is 0 Å². The molecule has 3 rings (SSSR count). The molecule has 0 radical (unpaired) electrons. The van der Waals surface area contributed by atoms with Crippen LogP contribution in [0, 0.1) is 0 Å². The second kappa shape index (κ2) is 9.64. The van der Waals surface area contributed by atoms with E-state index in [1.54, 1.807) is 24.3 Å². The molecule has 0 fully saturated rings. The van der Waals surface area contributed by atoms with Crippen LogP contribution in [0.1, 0.15) is 29.8 Å². The van der Waals surface area contributed by atoms with Crippen molar-refractivity contribution in [2.75, 3.05) is 18.9 Å². The number of amides is 1. The minimum Gasteiger partial charge on any atom is -0.489 e. The van der Waals surface area contributed by atoms with Crippen molar-refractivity contribution >= 4 is 17.5 Å². The van der Waals surface area contributed by atoms with Gasteiger partial charge in [-0.1, -0.05) is 12.1 Å². The molecule has 0 spiro atoms. The van der Waals surface area contributed by atoms with Gasteiger partial charge in [-0.3, -0.25) is 9.78 Å². The van der Waals surface area contributed by atoms with Gasteiger partial charge in [0, 0.05) is 38.4 Å². The molecule has 0 unspecified atom stereocenters. The van der Waals surface area contributed by atoms with E-state index in [1.807, 2.05) is 50.2 Å². The van der Waals surface area contributed by atoms with Crippen LogP contribution in [0.25, 0.3) is 0 Å². The fourth-order valence-electron chi connectivity index (χ4n) is 2.72. The number of carbonyl (C=O) groups is 1. The Morgan fingerprint density at radius 1 is 1.10 bits per heavy atom. The number of rotatable bonds is 8. The highest BCUT2D eigenvalue weighted by molar-refractivity contribution is 5.93. The molecule has 7 nitrogen and oxygen atoms in total. The molecule has 3 aromatic rings. The fourth-order valence-corrected chi connectivity index (χ4v) is 2.72. The van der Waals surface area contributed by atoms with Crippen LogP contribution in [0.15, 0.2) is 61.2 Å². The van der Waals surface area contributed by atoms with Crippen molar-refractivity contribution in [1.82, 2.24) is 19.9 Å². The van der Waals surface area contributed by atoms with Crippen molar-refractivity contribution < 1.29 is 9.53 Å². The maximum absolute atomic E-state index is 12.6. The molecule has 0 aliphatic heterocycles. The SMILES string of the molecule is CC(C)Oc1ccccc1Nc1ncc(C(=O)N(C)CCc2ccncc2)cn1. The van der Waals surface area contributed by atoms with Crippen molar-refractivity contribution in [3.8, 4) is 5.75 Å². The van der Waals surface area contributed by atoms with E-state index in [2.05, 4.69) is 20.3 Å². The van der Waals surface area contributed by atoms with Crippen LogP contribution in [0.3, 0.4) is 0 Å². The maximum Gasteiger partial charge on any atom is 0.256 e. The summed E-state index contributed by atoms with van der Waals surface area (Å²) >= 11 is 0. The number of hydrogen-bond donors (Lipinski definition) is 1. The molecule has 7 heteroatoms. The molecule has 0 aliphatic carbocycles. The maximum atomic E-state index is 12.6. The van der Waals surface area contributed by atoms with Gasteiger partial charge in [0.2, 0.25) is 5.95 Å². The molecular weight excluding hydrogens is 366 g/mol. The van der Waals surface area contributed by atoms with Gasteiger partial charge >= 0.3 is 0 Å². The molecule has 2 heterocycles. The number of carbonyl (C=O) groups excluding carboxylic acids is 1. The van der Waals surface area contributed by atoms with Gasteiger partial charge in [-0.2, -0.15) is 0 Å². The molecule has 0 atom stereocenters. The van der Waals surface area contributed by atoms with Crippen molar-refractivity contribution in [3.63, 3.8) is 0 Å². The van der Waals surface area contributed by atoms with Gasteiger partial charge in [0.25, 0.3) is 5.91 Å². The van der Waals surface area contributed by atoms with Crippen LogP contribution in [0.5, 0.6) is 5.75 Å². The van der Waals surface area contributed by atoms with Crippen LogP contribution >= 0.6 is 0 Å². The highest BCUT2D eigenvalue weighted by Crippen LogP contribution is 2.26. The second-order valence-electron chi connectivity index (χ2n) is 6.92. The van der Waals surface area contributed by atoms with E-state index in [-0.39, 0.29) is 12.0 Å². The zero-order valence-corrected chi connectivity index (χ0v) is 16.9. The Morgan fingerprint density at radius 2 is 1.79 bits per heavy atom. The van der Waals surface area contributed by atoms with Crippen molar-refractivity contribution in [2.24, 2.45) is 0 Å². The number of ether oxygens (including phenoxy) is 1. The summed E-state index contributed by atoms with van der Waals surface area (Å²) in [6.45, 7) is 4.54. The van der Waals surface area contributed by atoms with Crippen molar-refractivity contribution in [3.05, 3.63) is 72.3 Å². The van der Waals surface area contributed by atoms with E-state index < -0.39 is 0 Å². The molecule has 0 saturated carbocycles. The van der Waals surface area contributed by atoms with Crippen molar-refractivity contribution in [1.29, 1.82) is 0 Å². The van der Waals surface area contributed by atoms with Crippen LogP contribution < -0.4 is 10.1 Å².